The van der Waals surface area contributed by atoms with E-state index in [1.807, 2.05) is 0 Å². The van der Waals surface area contributed by atoms with E-state index in [0.717, 1.165) is 0 Å². The van der Waals surface area contributed by atoms with Crippen molar-refractivity contribution in [3.63, 3.8) is 0 Å². The molecule has 0 unspecified atom stereocenters. The van der Waals surface area contributed by atoms with Crippen molar-refractivity contribution in [3.05, 3.63) is 66.8 Å². The highest BCUT2D eigenvalue weighted by Gasteiger charge is 2.32. The quantitative estimate of drug-likeness (QED) is 0.549. The summed E-state index contributed by atoms with van der Waals surface area (Å²) in [6.45, 7) is 27.7. The normalized spacial score (nSPS) is 12.0. The van der Waals surface area contributed by atoms with Gasteiger partial charge >= 0.3 is 0 Å². The average molecular weight is 337 g/mol. The summed E-state index contributed by atoms with van der Waals surface area (Å²) in [6, 6.07) is 0. The zero-order valence-electron chi connectivity index (χ0n) is 18.5. The molecule has 2 aromatic carbocycles. The molecule has 0 N–H and O–H groups in total. The van der Waals surface area contributed by atoms with Crippen LogP contribution >= 0.6 is 0 Å². The summed E-state index contributed by atoms with van der Waals surface area (Å²) in [4.78, 5) is 0. The van der Waals surface area contributed by atoms with Gasteiger partial charge in [0.1, 0.15) is 0 Å². The van der Waals surface area contributed by atoms with Crippen molar-refractivity contribution >= 4 is 0 Å². The van der Waals surface area contributed by atoms with Crippen LogP contribution in [0.1, 0.15) is 80.6 Å². The highest BCUT2D eigenvalue weighted by Crippen LogP contribution is 2.43. The minimum atomic E-state index is -0.00519. The first-order chi connectivity index (χ1) is 11.4. The zero-order valence-corrected chi connectivity index (χ0v) is 18.5. The van der Waals surface area contributed by atoms with Crippen LogP contribution in [0.15, 0.2) is 0 Å². The van der Waals surface area contributed by atoms with E-state index < -0.39 is 0 Å². The lowest BCUT2D eigenvalue weighted by atomic mass is 9.68. The molecule has 0 nitrogen and oxygen atoms in total. The average Bonchev–Trinajstić information content (AvgIpc) is 2.54. The van der Waals surface area contributed by atoms with E-state index >= 15 is 0 Å². The Hall–Kier alpha value is -1.56. The fraction of sp³-hybridized carbons (Fsp3) is 0.520. The molecule has 0 bridgehead atoms. The zero-order chi connectivity index (χ0) is 19.4. The fourth-order valence-corrected chi connectivity index (χ4v) is 5.00. The van der Waals surface area contributed by atoms with Crippen LogP contribution in [0, 0.1) is 69.2 Å². The number of hydrogen-bond donors (Lipinski definition) is 0. The molecule has 136 valence electrons. The molecular formula is C25H36. The molecule has 2 aromatic rings. The van der Waals surface area contributed by atoms with Crippen molar-refractivity contribution in [2.24, 2.45) is 0 Å². The summed E-state index contributed by atoms with van der Waals surface area (Å²) < 4.78 is 0. The van der Waals surface area contributed by atoms with Crippen molar-refractivity contribution in [2.45, 2.75) is 88.5 Å². The Morgan fingerprint density at radius 3 is 0.680 bits per heavy atom. The van der Waals surface area contributed by atoms with Crippen LogP contribution in [0.25, 0.3) is 0 Å². The molecule has 0 saturated heterocycles. The molecule has 0 radical (unpaired) electrons. The van der Waals surface area contributed by atoms with Crippen molar-refractivity contribution in [2.75, 3.05) is 0 Å². The molecule has 25 heavy (non-hydrogen) atoms. The Labute approximate surface area is 155 Å². The van der Waals surface area contributed by atoms with E-state index in [0.29, 0.717) is 0 Å². The first kappa shape index (κ1) is 19.8. The third-order valence-corrected chi connectivity index (χ3v) is 7.25. The summed E-state index contributed by atoms with van der Waals surface area (Å²) in [7, 11) is 0. The van der Waals surface area contributed by atoms with Gasteiger partial charge in [-0.15, -0.1) is 0 Å². The summed E-state index contributed by atoms with van der Waals surface area (Å²) in [6.07, 6.45) is 0. The van der Waals surface area contributed by atoms with Gasteiger partial charge in [-0.1, -0.05) is 13.8 Å². The van der Waals surface area contributed by atoms with Gasteiger partial charge in [0.25, 0.3) is 0 Å². The molecular weight excluding hydrogens is 300 g/mol. The number of benzene rings is 2. The molecule has 0 heteroatoms. The number of hydrogen-bond acceptors (Lipinski definition) is 0. The fourth-order valence-electron chi connectivity index (χ4n) is 5.00. The molecule has 0 heterocycles. The first-order valence-electron chi connectivity index (χ1n) is 9.50. The first-order valence-corrected chi connectivity index (χ1v) is 9.50. The highest BCUT2D eigenvalue weighted by atomic mass is 14.4. The van der Waals surface area contributed by atoms with Crippen molar-refractivity contribution < 1.29 is 0 Å². The molecule has 0 spiro atoms. The van der Waals surface area contributed by atoms with Crippen LogP contribution in [0.2, 0.25) is 0 Å². The Bertz CT molecular complexity index is 731. The predicted octanol–water partition coefficient (Wildman–Crippen LogP) is 7.10. The highest BCUT2D eigenvalue weighted by molar-refractivity contribution is 5.60. The summed E-state index contributed by atoms with van der Waals surface area (Å²) in [5, 5.41) is 0. The molecule has 0 aliphatic heterocycles. The van der Waals surface area contributed by atoms with Crippen LogP contribution in [-0.4, -0.2) is 0 Å². The number of rotatable bonds is 2. The Balaban J connectivity index is 2.96. The van der Waals surface area contributed by atoms with Crippen LogP contribution in [0.3, 0.4) is 0 Å². The minimum Gasteiger partial charge on any atom is -0.0516 e. The third-order valence-electron chi connectivity index (χ3n) is 7.25. The van der Waals surface area contributed by atoms with Crippen molar-refractivity contribution in [3.8, 4) is 0 Å². The van der Waals surface area contributed by atoms with Gasteiger partial charge in [-0.2, -0.15) is 0 Å². The van der Waals surface area contributed by atoms with E-state index in [2.05, 4.69) is 83.1 Å². The maximum atomic E-state index is 2.42. The topological polar surface area (TPSA) is 0 Å². The van der Waals surface area contributed by atoms with Crippen molar-refractivity contribution in [1.29, 1.82) is 0 Å². The molecule has 0 saturated carbocycles. The summed E-state index contributed by atoms with van der Waals surface area (Å²) in [5.74, 6) is 0. The lowest BCUT2D eigenvalue weighted by Crippen LogP contribution is -2.26. The smallest absolute Gasteiger partial charge is 0.0157 e. The monoisotopic (exact) mass is 336 g/mol. The van der Waals surface area contributed by atoms with Crippen LogP contribution < -0.4 is 0 Å². The second-order valence-corrected chi connectivity index (χ2v) is 8.62. The molecule has 0 aliphatic rings. The molecule has 2 rings (SSSR count). The Morgan fingerprint density at radius 2 is 0.480 bits per heavy atom. The maximum absolute atomic E-state index is 2.42. The van der Waals surface area contributed by atoms with Gasteiger partial charge in [0, 0.05) is 5.41 Å². The Morgan fingerprint density at radius 1 is 0.320 bits per heavy atom. The molecule has 0 aliphatic carbocycles. The lowest BCUT2D eigenvalue weighted by molar-refractivity contribution is 0.617. The van der Waals surface area contributed by atoms with Gasteiger partial charge in [-0.25, -0.2) is 0 Å². The largest absolute Gasteiger partial charge is 0.0516 e. The predicted molar refractivity (Wildman–Crippen MR) is 112 cm³/mol. The van der Waals surface area contributed by atoms with Gasteiger partial charge in [0.05, 0.1) is 0 Å². The van der Waals surface area contributed by atoms with Gasteiger partial charge in [0.2, 0.25) is 0 Å². The maximum Gasteiger partial charge on any atom is 0.0157 e. The molecule has 0 aromatic heterocycles. The Kier molecular flexibility index (Phi) is 4.99. The molecule has 0 atom stereocenters. The van der Waals surface area contributed by atoms with E-state index in [-0.39, 0.29) is 5.41 Å². The molecule has 0 fully saturated rings. The standard InChI is InChI=1S/C25H36/c1-13-15(3)19(7)23(20(8)16(13)4)25(11,12)24-21(9)17(5)14(2)18(6)22(24)10/h1-12H3. The van der Waals surface area contributed by atoms with Crippen LogP contribution in [-0.2, 0) is 5.41 Å². The van der Waals surface area contributed by atoms with Gasteiger partial charge in [-0.05, 0) is 136 Å². The summed E-state index contributed by atoms with van der Waals surface area (Å²) in [5.41, 5.74) is 17.5. The van der Waals surface area contributed by atoms with Gasteiger partial charge in [-0.3, -0.25) is 0 Å². The second kappa shape index (κ2) is 6.31. The lowest BCUT2D eigenvalue weighted by Gasteiger charge is -2.36. The summed E-state index contributed by atoms with van der Waals surface area (Å²) >= 11 is 0. The van der Waals surface area contributed by atoms with Gasteiger partial charge in [0.15, 0.2) is 0 Å². The van der Waals surface area contributed by atoms with Gasteiger partial charge < -0.3 is 0 Å². The molecule has 0 amide bonds. The third kappa shape index (κ3) is 2.75. The van der Waals surface area contributed by atoms with E-state index in [9.17, 15) is 0 Å². The van der Waals surface area contributed by atoms with E-state index in [1.54, 1.807) is 0 Å². The van der Waals surface area contributed by atoms with Crippen LogP contribution in [0.5, 0.6) is 0 Å². The second-order valence-electron chi connectivity index (χ2n) is 8.62. The minimum absolute atomic E-state index is 0.00519. The SMILES string of the molecule is Cc1c(C)c(C)c(C(C)(C)c2c(C)c(C)c(C)c(C)c2C)c(C)c1C. The van der Waals surface area contributed by atoms with E-state index in [1.165, 1.54) is 66.8 Å². The van der Waals surface area contributed by atoms with Crippen LogP contribution in [0.4, 0.5) is 0 Å². The van der Waals surface area contributed by atoms with E-state index in [4.69, 9.17) is 0 Å². The van der Waals surface area contributed by atoms with Crippen molar-refractivity contribution in [1.82, 2.24) is 0 Å².